The molecule has 1 N–H and O–H groups in total. The lowest BCUT2D eigenvalue weighted by Crippen LogP contribution is -2.44. The van der Waals surface area contributed by atoms with E-state index in [9.17, 15) is 0 Å². The molecule has 0 aliphatic carbocycles. The van der Waals surface area contributed by atoms with Gasteiger partial charge in [0.05, 0.1) is 0 Å². The SMILES string of the molecule is CC(CN1CCC(CNC(C)(C)C)C1)N1CCCCC1. The molecular formula is C17H35N3. The van der Waals surface area contributed by atoms with E-state index in [4.69, 9.17) is 0 Å². The average molecular weight is 281 g/mol. The van der Waals surface area contributed by atoms with Crippen molar-refractivity contribution in [2.45, 2.75) is 65.0 Å². The van der Waals surface area contributed by atoms with Gasteiger partial charge in [0.1, 0.15) is 0 Å². The number of hydrogen-bond acceptors (Lipinski definition) is 3. The molecule has 0 amide bonds. The maximum Gasteiger partial charge on any atom is 0.0194 e. The fourth-order valence-electron chi connectivity index (χ4n) is 3.54. The molecule has 2 atom stereocenters. The Morgan fingerprint density at radius 1 is 1.10 bits per heavy atom. The Kier molecular flexibility index (Phi) is 5.88. The van der Waals surface area contributed by atoms with Crippen LogP contribution in [0.1, 0.15) is 53.4 Å². The highest BCUT2D eigenvalue weighted by atomic mass is 15.2. The molecule has 2 rings (SSSR count). The van der Waals surface area contributed by atoms with Gasteiger partial charge in [-0.3, -0.25) is 4.90 Å². The van der Waals surface area contributed by atoms with Gasteiger partial charge in [-0.15, -0.1) is 0 Å². The number of nitrogens with one attached hydrogen (secondary N) is 1. The van der Waals surface area contributed by atoms with Crippen LogP contribution in [0.2, 0.25) is 0 Å². The number of likely N-dealkylation sites (tertiary alicyclic amines) is 2. The van der Waals surface area contributed by atoms with Crippen molar-refractivity contribution in [2.75, 3.05) is 39.3 Å². The van der Waals surface area contributed by atoms with E-state index < -0.39 is 0 Å². The first kappa shape index (κ1) is 16.3. The smallest absolute Gasteiger partial charge is 0.0194 e. The molecule has 20 heavy (non-hydrogen) atoms. The summed E-state index contributed by atoms with van der Waals surface area (Å²) in [7, 11) is 0. The van der Waals surface area contributed by atoms with E-state index in [1.54, 1.807) is 0 Å². The normalized spacial score (nSPS) is 27.9. The molecule has 2 fully saturated rings. The monoisotopic (exact) mass is 281 g/mol. The zero-order valence-corrected chi connectivity index (χ0v) is 14.1. The molecule has 2 heterocycles. The van der Waals surface area contributed by atoms with Gasteiger partial charge in [-0.1, -0.05) is 6.42 Å². The second kappa shape index (κ2) is 7.24. The van der Waals surface area contributed by atoms with E-state index in [0.29, 0.717) is 0 Å². The lowest BCUT2D eigenvalue weighted by Gasteiger charge is -2.34. The van der Waals surface area contributed by atoms with Gasteiger partial charge in [-0.2, -0.15) is 0 Å². The third-order valence-electron chi connectivity index (χ3n) is 4.83. The zero-order chi connectivity index (χ0) is 14.6. The number of nitrogens with zero attached hydrogens (tertiary/aromatic N) is 2. The van der Waals surface area contributed by atoms with E-state index in [1.165, 1.54) is 65.0 Å². The largest absolute Gasteiger partial charge is 0.312 e. The predicted molar refractivity (Wildman–Crippen MR) is 87.2 cm³/mol. The molecular weight excluding hydrogens is 246 g/mol. The second-order valence-corrected chi connectivity index (χ2v) is 7.99. The maximum atomic E-state index is 3.66. The number of hydrogen-bond donors (Lipinski definition) is 1. The minimum Gasteiger partial charge on any atom is -0.312 e. The standard InChI is InChI=1S/C17H35N3/c1-15(20-9-6-5-7-10-20)13-19-11-8-16(14-19)12-18-17(2,3)4/h15-16,18H,5-14H2,1-4H3. The van der Waals surface area contributed by atoms with Crippen LogP contribution in [-0.2, 0) is 0 Å². The quantitative estimate of drug-likeness (QED) is 0.835. The Bertz CT molecular complexity index is 278. The first-order chi connectivity index (χ1) is 9.44. The van der Waals surface area contributed by atoms with Gasteiger partial charge in [-0.25, -0.2) is 0 Å². The highest BCUT2D eigenvalue weighted by Crippen LogP contribution is 2.19. The van der Waals surface area contributed by atoms with Crippen LogP contribution < -0.4 is 5.32 Å². The Labute approximate surface area is 126 Å². The molecule has 0 aromatic rings. The lowest BCUT2D eigenvalue weighted by molar-refractivity contribution is 0.136. The van der Waals surface area contributed by atoms with E-state index in [2.05, 4.69) is 42.8 Å². The van der Waals surface area contributed by atoms with Crippen LogP contribution in [0.3, 0.4) is 0 Å². The molecule has 0 aromatic carbocycles. The van der Waals surface area contributed by atoms with Gasteiger partial charge in [0, 0.05) is 24.7 Å². The van der Waals surface area contributed by atoms with Crippen molar-refractivity contribution in [1.82, 2.24) is 15.1 Å². The van der Waals surface area contributed by atoms with Gasteiger partial charge in [0.15, 0.2) is 0 Å². The van der Waals surface area contributed by atoms with Gasteiger partial charge in [-0.05, 0) is 79.1 Å². The Balaban J connectivity index is 1.67. The Hall–Kier alpha value is -0.120. The molecule has 0 bridgehead atoms. The van der Waals surface area contributed by atoms with Crippen molar-refractivity contribution in [3.8, 4) is 0 Å². The van der Waals surface area contributed by atoms with Crippen LogP contribution in [0, 0.1) is 5.92 Å². The first-order valence-electron chi connectivity index (χ1n) is 8.65. The summed E-state index contributed by atoms with van der Waals surface area (Å²) in [6, 6.07) is 0.740. The van der Waals surface area contributed by atoms with E-state index in [-0.39, 0.29) is 5.54 Å². The summed E-state index contributed by atoms with van der Waals surface area (Å²) in [5.41, 5.74) is 0.258. The highest BCUT2D eigenvalue weighted by Gasteiger charge is 2.26. The third-order valence-corrected chi connectivity index (χ3v) is 4.83. The van der Waals surface area contributed by atoms with Crippen molar-refractivity contribution in [1.29, 1.82) is 0 Å². The van der Waals surface area contributed by atoms with Crippen molar-refractivity contribution in [3.05, 3.63) is 0 Å². The van der Waals surface area contributed by atoms with Crippen LogP contribution >= 0.6 is 0 Å². The van der Waals surface area contributed by atoms with Crippen LogP contribution in [-0.4, -0.2) is 60.6 Å². The molecule has 3 nitrogen and oxygen atoms in total. The summed E-state index contributed by atoms with van der Waals surface area (Å²) < 4.78 is 0. The van der Waals surface area contributed by atoms with Crippen molar-refractivity contribution < 1.29 is 0 Å². The minimum atomic E-state index is 0.258. The van der Waals surface area contributed by atoms with Gasteiger partial charge < -0.3 is 10.2 Å². The van der Waals surface area contributed by atoms with Crippen LogP contribution in [0.4, 0.5) is 0 Å². The summed E-state index contributed by atoms with van der Waals surface area (Å²) >= 11 is 0. The summed E-state index contributed by atoms with van der Waals surface area (Å²) in [6.07, 6.45) is 5.62. The minimum absolute atomic E-state index is 0.258. The van der Waals surface area contributed by atoms with Gasteiger partial charge in [0.2, 0.25) is 0 Å². The molecule has 118 valence electrons. The Morgan fingerprint density at radius 2 is 1.80 bits per heavy atom. The topological polar surface area (TPSA) is 18.5 Å². The predicted octanol–water partition coefficient (Wildman–Crippen LogP) is 2.57. The van der Waals surface area contributed by atoms with E-state index >= 15 is 0 Å². The van der Waals surface area contributed by atoms with Crippen molar-refractivity contribution in [2.24, 2.45) is 5.92 Å². The van der Waals surface area contributed by atoms with Crippen molar-refractivity contribution in [3.63, 3.8) is 0 Å². The summed E-state index contributed by atoms with van der Waals surface area (Å²) in [5.74, 6) is 0.850. The third kappa shape index (κ3) is 5.34. The molecule has 0 spiro atoms. The first-order valence-corrected chi connectivity index (χ1v) is 8.65. The van der Waals surface area contributed by atoms with Crippen LogP contribution in [0.25, 0.3) is 0 Å². The lowest BCUT2D eigenvalue weighted by atomic mass is 10.1. The second-order valence-electron chi connectivity index (χ2n) is 7.99. The fourth-order valence-corrected chi connectivity index (χ4v) is 3.54. The molecule has 0 radical (unpaired) electrons. The number of rotatable bonds is 5. The van der Waals surface area contributed by atoms with Crippen LogP contribution in [0.15, 0.2) is 0 Å². The maximum absolute atomic E-state index is 3.66. The van der Waals surface area contributed by atoms with Gasteiger partial charge in [0.25, 0.3) is 0 Å². The summed E-state index contributed by atoms with van der Waals surface area (Å²) in [6.45, 7) is 16.9. The molecule has 2 unspecified atom stereocenters. The van der Waals surface area contributed by atoms with E-state index in [1.807, 2.05) is 0 Å². The van der Waals surface area contributed by atoms with Crippen LogP contribution in [0.5, 0.6) is 0 Å². The van der Waals surface area contributed by atoms with Crippen molar-refractivity contribution >= 4 is 0 Å². The van der Waals surface area contributed by atoms with E-state index in [0.717, 1.165) is 12.0 Å². The van der Waals surface area contributed by atoms with Gasteiger partial charge >= 0.3 is 0 Å². The molecule has 3 heteroatoms. The summed E-state index contributed by atoms with van der Waals surface area (Å²) in [4.78, 5) is 5.39. The molecule has 0 saturated carbocycles. The zero-order valence-electron chi connectivity index (χ0n) is 14.1. The molecule has 2 aliphatic heterocycles. The average Bonchev–Trinajstić information content (AvgIpc) is 2.84. The molecule has 2 saturated heterocycles. The fraction of sp³-hybridized carbons (Fsp3) is 1.00. The molecule has 2 aliphatic rings. The molecule has 0 aromatic heterocycles. The number of piperidine rings is 1. The summed E-state index contributed by atoms with van der Waals surface area (Å²) in [5, 5.41) is 3.66. The highest BCUT2D eigenvalue weighted by molar-refractivity contribution is 4.83. The Morgan fingerprint density at radius 3 is 2.45 bits per heavy atom.